The van der Waals surface area contributed by atoms with Crippen LogP contribution in [0.2, 0.25) is 5.02 Å². The van der Waals surface area contributed by atoms with Crippen molar-refractivity contribution in [1.29, 1.82) is 0 Å². The monoisotopic (exact) mass is 248 g/mol. The Labute approximate surface area is 85.8 Å². The number of methoxy groups -OCH3 is 1. The first kappa shape index (κ1) is 9.87. The van der Waals surface area contributed by atoms with E-state index in [1.807, 2.05) is 19.9 Å². The van der Waals surface area contributed by atoms with E-state index >= 15 is 0 Å². The van der Waals surface area contributed by atoms with Gasteiger partial charge in [-0.3, -0.25) is 0 Å². The molecular weight excluding hydrogens is 239 g/mol. The molecule has 0 aromatic heterocycles. The summed E-state index contributed by atoms with van der Waals surface area (Å²) in [4.78, 5) is 0. The summed E-state index contributed by atoms with van der Waals surface area (Å²) < 4.78 is 6.20. The highest BCUT2D eigenvalue weighted by atomic mass is 79.9. The first-order valence-electron chi connectivity index (χ1n) is 3.57. The van der Waals surface area contributed by atoms with Crippen molar-refractivity contribution < 1.29 is 4.74 Å². The Morgan fingerprint density at radius 2 is 2.00 bits per heavy atom. The van der Waals surface area contributed by atoms with E-state index in [1.165, 1.54) is 0 Å². The summed E-state index contributed by atoms with van der Waals surface area (Å²) in [6.45, 7) is 3.92. The second-order valence-corrected chi connectivity index (χ2v) is 3.88. The average molecular weight is 250 g/mol. The number of rotatable bonds is 1. The van der Waals surface area contributed by atoms with Crippen molar-refractivity contribution in [2.45, 2.75) is 13.8 Å². The summed E-state index contributed by atoms with van der Waals surface area (Å²) in [6, 6.07) is 1.99. The molecule has 0 aliphatic carbocycles. The summed E-state index contributed by atoms with van der Waals surface area (Å²) in [6.07, 6.45) is 0. The molecule has 0 atom stereocenters. The molecule has 0 fully saturated rings. The second-order valence-electron chi connectivity index (χ2n) is 2.65. The van der Waals surface area contributed by atoms with Gasteiger partial charge in [-0.1, -0.05) is 27.5 Å². The maximum Gasteiger partial charge on any atom is 0.141 e. The Morgan fingerprint density at radius 1 is 1.42 bits per heavy atom. The van der Waals surface area contributed by atoms with Gasteiger partial charge in [-0.15, -0.1) is 0 Å². The van der Waals surface area contributed by atoms with Crippen LogP contribution in [0.4, 0.5) is 0 Å². The van der Waals surface area contributed by atoms with Crippen LogP contribution in [0.3, 0.4) is 0 Å². The van der Waals surface area contributed by atoms with Crippen LogP contribution in [-0.4, -0.2) is 7.11 Å². The van der Waals surface area contributed by atoms with Gasteiger partial charge in [0, 0.05) is 10.0 Å². The van der Waals surface area contributed by atoms with Gasteiger partial charge < -0.3 is 4.74 Å². The Kier molecular flexibility index (Phi) is 3.02. The zero-order valence-corrected chi connectivity index (χ0v) is 9.58. The molecule has 1 aromatic rings. The van der Waals surface area contributed by atoms with E-state index < -0.39 is 0 Å². The molecular formula is C9H10BrClO. The van der Waals surface area contributed by atoms with Gasteiger partial charge in [-0.25, -0.2) is 0 Å². The number of benzene rings is 1. The Bertz CT molecular complexity index is 284. The van der Waals surface area contributed by atoms with Crippen LogP contribution in [-0.2, 0) is 0 Å². The van der Waals surface area contributed by atoms with Crippen molar-refractivity contribution in [2.75, 3.05) is 7.11 Å². The van der Waals surface area contributed by atoms with Crippen LogP contribution in [0.15, 0.2) is 10.5 Å². The predicted molar refractivity (Wildman–Crippen MR) is 55.2 cm³/mol. The highest BCUT2D eigenvalue weighted by Gasteiger charge is 2.10. The lowest BCUT2D eigenvalue weighted by molar-refractivity contribution is 0.411. The van der Waals surface area contributed by atoms with E-state index in [4.69, 9.17) is 16.3 Å². The number of aryl methyl sites for hydroxylation is 1. The van der Waals surface area contributed by atoms with Gasteiger partial charge >= 0.3 is 0 Å². The molecule has 0 saturated carbocycles. The van der Waals surface area contributed by atoms with Crippen LogP contribution in [0.1, 0.15) is 11.1 Å². The van der Waals surface area contributed by atoms with Crippen LogP contribution >= 0.6 is 27.5 Å². The van der Waals surface area contributed by atoms with Crippen molar-refractivity contribution in [3.05, 3.63) is 26.7 Å². The summed E-state index contributed by atoms with van der Waals surface area (Å²) in [7, 11) is 1.63. The number of hydrogen-bond donors (Lipinski definition) is 0. The Morgan fingerprint density at radius 3 is 2.50 bits per heavy atom. The molecule has 0 amide bonds. The molecule has 0 bridgehead atoms. The highest BCUT2D eigenvalue weighted by molar-refractivity contribution is 9.10. The molecule has 0 saturated heterocycles. The number of ether oxygens (including phenoxy) is 1. The maximum atomic E-state index is 6.02. The van der Waals surface area contributed by atoms with Gasteiger partial charge in [0.2, 0.25) is 0 Å². The van der Waals surface area contributed by atoms with Crippen LogP contribution < -0.4 is 4.74 Å². The van der Waals surface area contributed by atoms with E-state index in [0.29, 0.717) is 5.02 Å². The van der Waals surface area contributed by atoms with Crippen LogP contribution in [0, 0.1) is 13.8 Å². The fourth-order valence-electron chi connectivity index (χ4n) is 1.06. The minimum Gasteiger partial charge on any atom is -0.495 e. The number of hydrogen-bond acceptors (Lipinski definition) is 1. The van der Waals surface area contributed by atoms with Crippen LogP contribution in [0.5, 0.6) is 5.75 Å². The third-order valence-electron chi connectivity index (χ3n) is 1.79. The fraction of sp³-hybridized carbons (Fsp3) is 0.333. The van der Waals surface area contributed by atoms with Gasteiger partial charge in [0.25, 0.3) is 0 Å². The van der Waals surface area contributed by atoms with Gasteiger partial charge in [0.05, 0.1) is 12.1 Å². The summed E-state index contributed by atoms with van der Waals surface area (Å²) >= 11 is 9.46. The van der Waals surface area contributed by atoms with Gasteiger partial charge in [-0.05, 0) is 25.5 Å². The average Bonchev–Trinajstić information content (AvgIpc) is 2.02. The molecule has 1 nitrogen and oxygen atoms in total. The topological polar surface area (TPSA) is 9.23 Å². The third kappa shape index (κ3) is 1.59. The minimum atomic E-state index is 0.693. The van der Waals surface area contributed by atoms with Gasteiger partial charge in [0.1, 0.15) is 5.75 Å². The molecule has 0 N–H and O–H groups in total. The largest absolute Gasteiger partial charge is 0.495 e. The Balaban J connectivity index is 3.42. The van der Waals surface area contributed by atoms with E-state index in [-0.39, 0.29) is 0 Å². The van der Waals surface area contributed by atoms with E-state index in [9.17, 15) is 0 Å². The molecule has 12 heavy (non-hydrogen) atoms. The summed E-state index contributed by atoms with van der Waals surface area (Å²) in [5, 5.41) is 0.693. The van der Waals surface area contributed by atoms with E-state index in [2.05, 4.69) is 15.9 Å². The minimum absolute atomic E-state index is 0.693. The molecule has 1 aromatic carbocycles. The quantitative estimate of drug-likeness (QED) is 0.737. The normalized spacial score (nSPS) is 10.1. The summed E-state index contributed by atoms with van der Waals surface area (Å²) in [5.41, 5.74) is 2.05. The van der Waals surface area contributed by atoms with E-state index in [0.717, 1.165) is 21.3 Å². The Hall–Kier alpha value is -0.210. The van der Waals surface area contributed by atoms with E-state index in [1.54, 1.807) is 7.11 Å². The van der Waals surface area contributed by atoms with Crippen molar-refractivity contribution in [1.82, 2.24) is 0 Å². The lowest BCUT2D eigenvalue weighted by Crippen LogP contribution is -1.91. The molecule has 0 radical (unpaired) electrons. The fourth-order valence-corrected chi connectivity index (χ4v) is 1.85. The first-order valence-corrected chi connectivity index (χ1v) is 4.74. The number of halogens is 2. The third-order valence-corrected chi connectivity index (χ3v) is 3.09. The van der Waals surface area contributed by atoms with Crippen molar-refractivity contribution in [2.24, 2.45) is 0 Å². The van der Waals surface area contributed by atoms with Crippen LogP contribution in [0.25, 0.3) is 0 Å². The smallest absolute Gasteiger partial charge is 0.141 e. The molecule has 0 aliphatic heterocycles. The van der Waals surface area contributed by atoms with Crippen molar-refractivity contribution >= 4 is 27.5 Å². The molecule has 0 unspecified atom stereocenters. The second kappa shape index (κ2) is 3.67. The maximum absolute atomic E-state index is 6.02. The zero-order chi connectivity index (χ0) is 9.30. The lowest BCUT2D eigenvalue weighted by Gasteiger charge is -2.10. The van der Waals surface area contributed by atoms with Gasteiger partial charge in [-0.2, -0.15) is 0 Å². The molecule has 66 valence electrons. The highest BCUT2D eigenvalue weighted by Crippen LogP contribution is 2.35. The standard InChI is InChI=1S/C9H10BrClO/c1-5-4-7(10)6(2)9(12-3)8(5)11/h4H,1-3H3. The molecule has 0 aliphatic rings. The molecule has 0 spiro atoms. The van der Waals surface area contributed by atoms with Gasteiger partial charge in [0.15, 0.2) is 0 Å². The zero-order valence-electron chi connectivity index (χ0n) is 7.24. The molecule has 3 heteroatoms. The lowest BCUT2D eigenvalue weighted by atomic mass is 10.1. The SMILES string of the molecule is COc1c(C)c(Br)cc(C)c1Cl. The molecule has 1 rings (SSSR count). The summed E-state index contributed by atoms with van der Waals surface area (Å²) in [5.74, 6) is 0.753. The van der Waals surface area contributed by atoms with Crippen molar-refractivity contribution in [3.8, 4) is 5.75 Å². The molecule has 0 heterocycles. The first-order chi connectivity index (χ1) is 5.57. The van der Waals surface area contributed by atoms with Crippen molar-refractivity contribution in [3.63, 3.8) is 0 Å². The predicted octanol–water partition coefficient (Wildman–Crippen LogP) is 3.73.